The third-order valence-electron chi connectivity index (χ3n) is 3.45. The van der Waals surface area contributed by atoms with Crippen LogP contribution >= 0.6 is 23.8 Å². The van der Waals surface area contributed by atoms with Gasteiger partial charge in [-0.05, 0) is 42.4 Å². The standard InChI is InChI=1S/C17H16ClF3N2S/c1-2-15(11-6-4-3-5-7-11)23-16(24)22-12-8-9-14(18)13(10-12)17(19,20)21/h3-10,15H,2H2,1H3,(H2,22,23,24)/t15-/m1/s1. The van der Waals surface area contributed by atoms with E-state index in [1.165, 1.54) is 12.1 Å². The van der Waals surface area contributed by atoms with Crippen molar-refractivity contribution in [1.29, 1.82) is 0 Å². The second kappa shape index (κ2) is 7.85. The van der Waals surface area contributed by atoms with Crippen LogP contribution in [0.3, 0.4) is 0 Å². The maximum Gasteiger partial charge on any atom is 0.417 e. The summed E-state index contributed by atoms with van der Waals surface area (Å²) in [5, 5.41) is 5.79. The molecule has 0 aromatic heterocycles. The van der Waals surface area contributed by atoms with Gasteiger partial charge < -0.3 is 10.6 Å². The summed E-state index contributed by atoms with van der Waals surface area (Å²) in [5.74, 6) is 0. The molecule has 2 nitrogen and oxygen atoms in total. The minimum atomic E-state index is -4.51. The van der Waals surface area contributed by atoms with Crippen LogP contribution < -0.4 is 10.6 Å². The Labute approximate surface area is 149 Å². The summed E-state index contributed by atoms with van der Waals surface area (Å²) in [7, 11) is 0. The molecule has 2 aromatic rings. The van der Waals surface area contributed by atoms with E-state index in [0.29, 0.717) is 0 Å². The van der Waals surface area contributed by atoms with Gasteiger partial charge in [0.05, 0.1) is 16.6 Å². The van der Waals surface area contributed by atoms with E-state index in [4.69, 9.17) is 23.8 Å². The number of rotatable bonds is 4. The molecule has 0 saturated heterocycles. The van der Waals surface area contributed by atoms with E-state index in [0.717, 1.165) is 18.1 Å². The monoisotopic (exact) mass is 372 g/mol. The molecule has 2 aromatic carbocycles. The predicted molar refractivity (Wildman–Crippen MR) is 95.3 cm³/mol. The Morgan fingerprint density at radius 2 is 1.83 bits per heavy atom. The van der Waals surface area contributed by atoms with Crippen molar-refractivity contribution in [2.75, 3.05) is 5.32 Å². The highest BCUT2D eigenvalue weighted by molar-refractivity contribution is 7.80. The molecule has 2 N–H and O–H groups in total. The number of halogens is 4. The molecule has 24 heavy (non-hydrogen) atoms. The van der Waals surface area contributed by atoms with E-state index in [-0.39, 0.29) is 21.9 Å². The summed E-state index contributed by atoms with van der Waals surface area (Å²) in [6, 6.07) is 13.3. The largest absolute Gasteiger partial charge is 0.417 e. The molecule has 1 atom stereocenters. The number of nitrogens with one attached hydrogen (secondary N) is 2. The van der Waals surface area contributed by atoms with Crippen molar-refractivity contribution in [2.24, 2.45) is 0 Å². The molecule has 0 saturated carbocycles. The molecule has 0 fully saturated rings. The van der Waals surface area contributed by atoms with E-state index >= 15 is 0 Å². The summed E-state index contributed by atoms with van der Waals surface area (Å²) < 4.78 is 38.7. The highest BCUT2D eigenvalue weighted by Crippen LogP contribution is 2.36. The zero-order chi connectivity index (χ0) is 17.7. The lowest BCUT2D eigenvalue weighted by Crippen LogP contribution is -2.32. The normalized spacial score (nSPS) is 12.5. The average molecular weight is 373 g/mol. The van der Waals surface area contributed by atoms with Gasteiger partial charge in [0.25, 0.3) is 0 Å². The van der Waals surface area contributed by atoms with Gasteiger partial charge in [0.15, 0.2) is 5.11 Å². The van der Waals surface area contributed by atoms with E-state index in [1.54, 1.807) is 0 Å². The minimum Gasteiger partial charge on any atom is -0.356 e. The fraction of sp³-hybridized carbons (Fsp3) is 0.235. The van der Waals surface area contributed by atoms with Crippen molar-refractivity contribution in [3.63, 3.8) is 0 Å². The summed E-state index contributed by atoms with van der Waals surface area (Å²) in [4.78, 5) is 0. The Morgan fingerprint density at radius 1 is 1.17 bits per heavy atom. The van der Waals surface area contributed by atoms with Crippen LogP contribution in [-0.2, 0) is 6.18 Å². The topological polar surface area (TPSA) is 24.1 Å². The third kappa shape index (κ3) is 4.85. The minimum absolute atomic E-state index is 0.0272. The van der Waals surface area contributed by atoms with Crippen LogP contribution in [0.1, 0.15) is 30.5 Å². The van der Waals surface area contributed by atoms with Crippen LogP contribution in [0.5, 0.6) is 0 Å². The first-order valence-electron chi connectivity index (χ1n) is 7.30. The smallest absolute Gasteiger partial charge is 0.356 e. The Kier molecular flexibility index (Phi) is 6.07. The lowest BCUT2D eigenvalue weighted by Gasteiger charge is -2.20. The average Bonchev–Trinajstić information content (AvgIpc) is 2.54. The van der Waals surface area contributed by atoms with E-state index in [1.807, 2.05) is 37.3 Å². The number of hydrogen-bond donors (Lipinski definition) is 2. The molecular weight excluding hydrogens is 357 g/mol. The quantitative estimate of drug-likeness (QED) is 0.663. The molecule has 0 radical (unpaired) electrons. The third-order valence-corrected chi connectivity index (χ3v) is 3.99. The second-order valence-electron chi connectivity index (χ2n) is 5.16. The van der Waals surface area contributed by atoms with Crippen molar-refractivity contribution < 1.29 is 13.2 Å². The number of hydrogen-bond acceptors (Lipinski definition) is 1. The fourth-order valence-electron chi connectivity index (χ4n) is 2.25. The Balaban J connectivity index is 2.10. The van der Waals surface area contributed by atoms with Gasteiger partial charge in [-0.15, -0.1) is 0 Å². The Hall–Kier alpha value is -1.79. The first kappa shape index (κ1) is 18.5. The predicted octanol–water partition coefficient (Wildman–Crippen LogP) is 5.80. The van der Waals surface area contributed by atoms with Gasteiger partial charge in [0, 0.05) is 5.69 Å². The number of thiocarbonyl (C=S) groups is 1. The zero-order valence-corrected chi connectivity index (χ0v) is 14.4. The van der Waals surface area contributed by atoms with Gasteiger partial charge in [-0.3, -0.25) is 0 Å². The molecule has 7 heteroatoms. The highest BCUT2D eigenvalue weighted by atomic mass is 35.5. The van der Waals surface area contributed by atoms with Gasteiger partial charge >= 0.3 is 6.18 Å². The molecule has 0 aliphatic rings. The van der Waals surface area contributed by atoms with Crippen LogP contribution in [0, 0.1) is 0 Å². The van der Waals surface area contributed by atoms with Gasteiger partial charge in [0.2, 0.25) is 0 Å². The Morgan fingerprint density at radius 3 is 2.42 bits per heavy atom. The molecule has 128 valence electrons. The fourth-order valence-corrected chi connectivity index (χ4v) is 2.74. The molecule has 2 rings (SSSR count). The molecule has 0 heterocycles. The second-order valence-corrected chi connectivity index (χ2v) is 5.98. The number of alkyl halides is 3. The Bertz CT molecular complexity index is 705. The molecule has 0 aliphatic carbocycles. The molecule has 0 aliphatic heterocycles. The molecular formula is C17H16ClF3N2S. The zero-order valence-electron chi connectivity index (χ0n) is 12.8. The summed E-state index contributed by atoms with van der Waals surface area (Å²) in [6.45, 7) is 2.00. The maximum atomic E-state index is 12.9. The number of benzene rings is 2. The SMILES string of the molecule is CC[C@@H](NC(=S)Nc1ccc(Cl)c(C(F)(F)F)c1)c1ccccc1. The first-order valence-corrected chi connectivity index (χ1v) is 8.09. The van der Waals surface area contributed by atoms with E-state index in [9.17, 15) is 13.2 Å². The lowest BCUT2D eigenvalue weighted by atomic mass is 10.1. The number of anilines is 1. The maximum absolute atomic E-state index is 12.9. The van der Waals surface area contributed by atoms with Gasteiger partial charge in [0.1, 0.15) is 0 Å². The summed E-state index contributed by atoms with van der Waals surface area (Å²) in [6.07, 6.45) is -3.74. The van der Waals surface area contributed by atoms with Crippen LogP contribution in [0.2, 0.25) is 5.02 Å². The molecule has 0 unspecified atom stereocenters. The first-order chi connectivity index (χ1) is 11.3. The van der Waals surface area contributed by atoms with Crippen molar-refractivity contribution >= 4 is 34.6 Å². The molecule has 0 amide bonds. The van der Waals surface area contributed by atoms with Crippen LogP contribution in [0.25, 0.3) is 0 Å². The van der Waals surface area contributed by atoms with Crippen molar-refractivity contribution in [1.82, 2.24) is 5.32 Å². The van der Waals surface area contributed by atoms with Gasteiger partial charge in [-0.1, -0.05) is 48.9 Å². The van der Waals surface area contributed by atoms with Crippen molar-refractivity contribution in [3.05, 3.63) is 64.7 Å². The molecule has 0 spiro atoms. The van der Waals surface area contributed by atoms with Crippen LogP contribution in [0.15, 0.2) is 48.5 Å². The molecule has 0 bridgehead atoms. The summed E-state index contributed by atoms with van der Waals surface area (Å²) >= 11 is 10.8. The van der Waals surface area contributed by atoms with Gasteiger partial charge in [-0.25, -0.2) is 0 Å². The van der Waals surface area contributed by atoms with Gasteiger partial charge in [-0.2, -0.15) is 13.2 Å². The van der Waals surface area contributed by atoms with Crippen molar-refractivity contribution in [3.8, 4) is 0 Å². The highest BCUT2D eigenvalue weighted by Gasteiger charge is 2.33. The summed E-state index contributed by atoms with van der Waals surface area (Å²) in [5.41, 5.74) is 0.385. The lowest BCUT2D eigenvalue weighted by molar-refractivity contribution is -0.137. The van der Waals surface area contributed by atoms with Crippen LogP contribution in [-0.4, -0.2) is 5.11 Å². The van der Waals surface area contributed by atoms with Crippen molar-refractivity contribution in [2.45, 2.75) is 25.6 Å². The van der Waals surface area contributed by atoms with E-state index < -0.39 is 11.7 Å². The van der Waals surface area contributed by atoms with Crippen LogP contribution in [0.4, 0.5) is 18.9 Å². The van der Waals surface area contributed by atoms with E-state index in [2.05, 4.69) is 10.6 Å².